The summed E-state index contributed by atoms with van der Waals surface area (Å²) < 4.78 is 18.0. The Morgan fingerprint density at radius 3 is 2.39 bits per heavy atom. The van der Waals surface area contributed by atoms with Gasteiger partial charge in [0.2, 0.25) is 0 Å². The second kappa shape index (κ2) is 11.7. The van der Waals surface area contributed by atoms with E-state index in [9.17, 15) is 5.11 Å². The molecule has 3 rings (SSSR count). The molecule has 1 aliphatic rings. The summed E-state index contributed by atoms with van der Waals surface area (Å²) >= 11 is 0. The van der Waals surface area contributed by atoms with Gasteiger partial charge in [0.05, 0.1) is 25.4 Å². The molecule has 1 N–H and O–H groups in total. The van der Waals surface area contributed by atoms with Crippen LogP contribution in [-0.2, 0) is 27.4 Å². The fourth-order valence-corrected chi connectivity index (χ4v) is 3.58. The van der Waals surface area contributed by atoms with Gasteiger partial charge in [0.25, 0.3) is 0 Å². The quantitative estimate of drug-likeness (QED) is 0.418. The van der Waals surface area contributed by atoms with Crippen LogP contribution in [0.1, 0.15) is 30.4 Å². The van der Waals surface area contributed by atoms with E-state index in [2.05, 4.69) is 18.2 Å². The summed E-state index contributed by atoms with van der Waals surface area (Å²) in [6.45, 7) is 9.06. The zero-order chi connectivity index (χ0) is 21.9. The van der Waals surface area contributed by atoms with Crippen LogP contribution in [-0.4, -0.2) is 35.9 Å². The van der Waals surface area contributed by atoms with Gasteiger partial charge < -0.3 is 19.3 Å². The van der Waals surface area contributed by atoms with E-state index in [1.54, 1.807) is 0 Å². The summed E-state index contributed by atoms with van der Waals surface area (Å²) in [6.07, 6.45) is 4.10. The molecule has 1 fully saturated rings. The van der Waals surface area contributed by atoms with Crippen LogP contribution in [0, 0.1) is 0 Å². The molecule has 164 valence electrons. The Bertz CT molecular complexity index is 852. The topological polar surface area (TPSA) is 60.3 Å². The molecule has 0 radical (unpaired) electrons. The van der Waals surface area contributed by atoms with Crippen molar-refractivity contribution in [3.05, 3.63) is 96.7 Å². The molecule has 2 aromatic carbocycles. The van der Waals surface area contributed by atoms with Crippen LogP contribution in [0.15, 0.2) is 90.6 Å². The first-order valence-corrected chi connectivity index (χ1v) is 10.6. The number of aliphatic imine (C=N–C) groups is 1. The third-order valence-corrected chi connectivity index (χ3v) is 5.25. The second-order valence-corrected chi connectivity index (χ2v) is 7.70. The fourth-order valence-electron chi connectivity index (χ4n) is 3.58. The highest BCUT2D eigenvalue weighted by atomic mass is 16.6. The molecule has 0 amide bonds. The van der Waals surface area contributed by atoms with Crippen LogP contribution in [0.3, 0.4) is 0 Å². The zero-order valence-electron chi connectivity index (χ0n) is 17.9. The van der Waals surface area contributed by atoms with Crippen molar-refractivity contribution in [3.63, 3.8) is 0 Å². The summed E-state index contributed by atoms with van der Waals surface area (Å²) in [5.41, 5.74) is 2.60. The molecule has 0 aliphatic carbocycles. The summed E-state index contributed by atoms with van der Waals surface area (Å²) in [6, 6.07) is 20.0. The third kappa shape index (κ3) is 7.26. The summed E-state index contributed by atoms with van der Waals surface area (Å²) in [4.78, 5) is 3.98. The molecular weight excluding hydrogens is 390 g/mol. The number of benzene rings is 2. The Morgan fingerprint density at radius 2 is 1.74 bits per heavy atom. The predicted octanol–water partition coefficient (Wildman–Crippen LogP) is 4.82. The lowest BCUT2D eigenvalue weighted by Crippen LogP contribution is -2.48. The van der Waals surface area contributed by atoms with E-state index in [1.807, 2.05) is 60.7 Å². The van der Waals surface area contributed by atoms with Gasteiger partial charge in [-0.25, -0.2) is 0 Å². The van der Waals surface area contributed by atoms with Crippen molar-refractivity contribution in [2.45, 2.75) is 50.5 Å². The zero-order valence-corrected chi connectivity index (χ0v) is 17.9. The summed E-state index contributed by atoms with van der Waals surface area (Å²) in [5, 5.41) is 11.2. The average Bonchev–Trinajstić information content (AvgIpc) is 2.80. The van der Waals surface area contributed by atoms with E-state index in [0.717, 1.165) is 11.1 Å². The highest BCUT2D eigenvalue weighted by Crippen LogP contribution is 2.34. The van der Waals surface area contributed by atoms with E-state index in [1.165, 1.54) is 12.4 Å². The van der Waals surface area contributed by atoms with E-state index in [-0.39, 0.29) is 12.2 Å². The number of rotatable bonds is 11. The molecule has 3 atom stereocenters. The Kier molecular flexibility index (Phi) is 8.74. The van der Waals surface area contributed by atoms with Crippen molar-refractivity contribution in [1.29, 1.82) is 0 Å². The first-order chi connectivity index (χ1) is 15.1. The molecule has 0 saturated carbocycles. The molecule has 5 heteroatoms. The predicted molar refractivity (Wildman–Crippen MR) is 123 cm³/mol. The highest BCUT2D eigenvalue weighted by molar-refractivity contribution is 5.80. The maximum atomic E-state index is 11.2. The monoisotopic (exact) mass is 421 g/mol. The number of nitrogens with zero attached hydrogens (tertiary/aromatic N) is 1. The van der Waals surface area contributed by atoms with E-state index in [0.29, 0.717) is 44.7 Å². The van der Waals surface area contributed by atoms with Gasteiger partial charge in [-0.15, -0.1) is 0 Å². The van der Waals surface area contributed by atoms with Crippen LogP contribution < -0.4 is 0 Å². The lowest BCUT2D eigenvalue weighted by Gasteiger charge is -2.41. The second-order valence-electron chi connectivity index (χ2n) is 7.70. The Hall–Kier alpha value is -2.57. The molecule has 1 aliphatic heterocycles. The Labute approximate surface area is 184 Å². The molecular formula is C26H31NO4. The molecule has 1 heterocycles. The molecule has 0 aromatic heterocycles. The van der Waals surface area contributed by atoms with Gasteiger partial charge in [0.15, 0.2) is 5.79 Å². The van der Waals surface area contributed by atoms with E-state index >= 15 is 0 Å². The van der Waals surface area contributed by atoms with Gasteiger partial charge in [0.1, 0.15) is 0 Å². The van der Waals surface area contributed by atoms with Crippen molar-refractivity contribution in [1.82, 2.24) is 0 Å². The van der Waals surface area contributed by atoms with Crippen LogP contribution in [0.4, 0.5) is 0 Å². The smallest absolute Gasteiger partial charge is 0.196 e. The highest BCUT2D eigenvalue weighted by Gasteiger charge is 2.42. The maximum Gasteiger partial charge on any atom is 0.196 e. The van der Waals surface area contributed by atoms with Gasteiger partial charge in [0, 0.05) is 37.4 Å². The van der Waals surface area contributed by atoms with Crippen LogP contribution in [0.5, 0.6) is 0 Å². The molecule has 2 aromatic rings. The van der Waals surface area contributed by atoms with Crippen molar-refractivity contribution in [2.75, 3.05) is 6.61 Å². The summed E-state index contributed by atoms with van der Waals surface area (Å²) in [5.74, 6) is -1.53. The first kappa shape index (κ1) is 23.1. The average molecular weight is 422 g/mol. The number of ether oxygens (including phenoxy) is 3. The maximum absolute atomic E-state index is 11.2. The Morgan fingerprint density at radius 1 is 1.10 bits per heavy atom. The van der Waals surface area contributed by atoms with Crippen LogP contribution in [0.25, 0.3) is 0 Å². The van der Waals surface area contributed by atoms with Crippen molar-refractivity contribution >= 4 is 6.21 Å². The third-order valence-electron chi connectivity index (χ3n) is 5.25. The lowest BCUT2D eigenvalue weighted by atomic mass is 9.92. The lowest BCUT2D eigenvalue weighted by molar-refractivity contribution is -0.255. The van der Waals surface area contributed by atoms with Gasteiger partial charge in [-0.1, -0.05) is 73.8 Å². The molecule has 0 spiro atoms. The van der Waals surface area contributed by atoms with Gasteiger partial charge in [-0.05, 0) is 17.5 Å². The summed E-state index contributed by atoms with van der Waals surface area (Å²) in [7, 11) is 0. The van der Waals surface area contributed by atoms with E-state index < -0.39 is 5.79 Å². The molecule has 31 heavy (non-hydrogen) atoms. The van der Waals surface area contributed by atoms with Crippen LogP contribution >= 0.6 is 0 Å². The van der Waals surface area contributed by atoms with Gasteiger partial charge >= 0.3 is 0 Å². The van der Waals surface area contributed by atoms with Crippen molar-refractivity contribution in [3.8, 4) is 0 Å². The van der Waals surface area contributed by atoms with Crippen LogP contribution in [0.2, 0.25) is 0 Å². The minimum Gasteiger partial charge on any atom is -0.377 e. The number of aliphatic hydroxyl groups is 1. The SMILES string of the molecule is C=CN=CC(=C)C1(O)C[C@@H](OCc2ccccc2)C[C@@H](CCOCc2ccccc2)O1. The normalized spacial score (nSPS) is 23.6. The Balaban J connectivity index is 1.59. The molecule has 1 saturated heterocycles. The molecule has 1 unspecified atom stereocenters. The van der Waals surface area contributed by atoms with Gasteiger partial charge in [-0.2, -0.15) is 0 Å². The van der Waals surface area contributed by atoms with Crippen molar-refractivity contribution < 1.29 is 19.3 Å². The molecule has 0 bridgehead atoms. The fraction of sp³-hybridized carbons (Fsp3) is 0.346. The number of hydrogen-bond donors (Lipinski definition) is 1. The van der Waals surface area contributed by atoms with Crippen molar-refractivity contribution in [2.24, 2.45) is 4.99 Å². The van der Waals surface area contributed by atoms with Gasteiger partial charge in [-0.3, -0.25) is 4.99 Å². The molecule has 5 nitrogen and oxygen atoms in total. The minimum atomic E-state index is -1.53. The van der Waals surface area contributed by atoms with E-state index in [4.69, 9.17) is 14.2 Å². The first-order valence-electron chi connectivity index (χ1n) is 10.6. The largest absolute Gasteiger partial charge is 0.377 e. The number of hydrogen-bond acceptors (Lipinski definition) is 5. The minimum absolute atomic E-state index is 0.174. The standard InChI is InChI=1S/C26H31NO4/c1-3-27-18-21(2)26(28)17-25(30-20-23-12-8-5-9-13-23)16-24(31-26)14-15-29-19-22-10-6-4-7-11-22/h3-13,18,24-25,28H,1-2,14-17,19-20H2/t24-,25+,26?/m1/s1.